The Bertz CT molecular complexity index is 417. The molecule has 0 bridgehead atoms. The number of rotatable bonds is 6. The maximum Gasteiger partial charge on any atom is 0.305 e. The van der Waals surface area contributed by atoms with Gasteiger partial charge in [0.1, 0.15) is 0 Å². The van der Waals surface area contributed by atoms with Gasteiger partial charge in [0.25, 0.3) is 0 Å². The van der Waals surface area contributed by atoms with Gasteiger partial charge in [0, 0.05) is 25.2 Å². The van der Waals surface area contributed by atoms with E-state index in [9.17, 15) is 4.79 Å². The van der Waals surface area contributed by atoms with Crippen LogP contribution < -0.4 is 4.90 Å². The molecule has 1 aliphatic rings. The second-order valence-corrected chi connectivity index (χ2v) is 5.11. The minimum atomic E-state index is -0.0941. The number of methoxy groups -OCH3 is 1. The number of anilines is 1. The summed E-state index contributed by atoms with van der Waals surface area (Å²) < 4.78 is 4.64. The van der Waals surface area contributed by atoms with E-state index in [0.717, 1.165) is 32.4 Å². The zero-order valence-corrected chi connectivity index (χ0v) is 11.7. The van der Waals surface area contributed by atoms with Gasteiger partial charge in [0.05, 0.1) is 7.11 Å². The van der Waals surface area contributed by atoms with Crippen LogP contribution in [-0.2, 0) is 16.0 Å². The molecule has 3 nitrogen and oxygen atoms in total. The number of carbonyl (C=O) groups excluding carboxylic acids is 1. The fourth-order valence-electron chi connectivity index (χ4n) is 2.69. The van der Waals surface area contributed by atoms with E-state index in [0.29, 0.717) is 6.42 Å². The highest BCUT2D eigenvalue weighted by Gasteiger charge is 2.15. The summed E-state index contributed by atoms with van der Waals surface area (Å²) in [6.07, 6.45) is 6.17. The van der Waals surface area contributed by atoms with Crippen molar-refractivity contribution < 1.29 is 9.53 Å². The summed E-state index contributed by atoms with van der Waals surface area (Å²) in [5.41, 5.74) is 2.88. The van der Waals surface area contributed by atoms with Gasteiger partial charge in [-0.25, -0.2) is 0 Å². The minimum Gasteiger partial charge on any atom is -0.469 e. The van der Waals surface area contributed by atoms with Crippen molar-refractivity contribution in [2.75, 3.05) is 25.1 Å². The van der Waals surface area contributed by atoms with Crippen LogP contribution in [0.1, 0.15) is 37.7 Å². The van der Waals surface area contributed by atoms with Crippen molar-refractivity contribution >= 4 is 11.7 Å². The molecule has 3 heteroatoms. The predicted molar refractivity (Wildman–Crippen MR) is 77.5 cm³/mol. The minimum absolute atomic E-state index is 0.0941. The van der Waals surface area contributed by atoms with E-state index < -0.39 is 0 Å². The number of carbonyl (C=O) groups is 1. The Balaban J connectivity index is 1.74. The Morgan fingerprint density at radius 2 is 2.11 bits per heavy atom. The Hall–Kier alpha value is -1.51. The first-order valence-corrected chi connectivity index (χ1v) is 7.21. The Labute approximate surface area is 115 Å². The van der Waals surface area contributed by atoms with Gasteiger partial charge in [0.2, 0.25) is 0 Å². The Morgan fingerprint density at radius 3 is 2.95 bits per heavy atom. The highest BCUT2D eigenvalue weighted by atomic mass is 16.5. The highest BCUT2D eigenvalue weighted by molar-refractivity contribution is 5.68. The Morgan fingerprint density at radius 1 is 1.26 bits per heavy atom. The molecule has 104 valence electrons. The van der Waals surface area contributed by atoms with Crippen molar-refractivity contribution in [3.8, 4) is 0 Å². The third-order valence-corrected chi connectivity index (χ3v) is 3.74. The zero-order valence-electron chi connectivity index (χ0n) is 11.7. The van der Waals surface area contributed by atoms with Crippen LogP contribution in [0.4, 0.5) is 5.69 Å². The summed E-state index contributed by atoms with van der Waals surface area (Å²) in [6.45, 7) is 2.26. The van der Waals surface area contributed by atoms with Crippen molar-refractivity contribution in [1.29, 1.82) is 0 Å². The van der Waals surface area contributed by atoms with Gasteiger partial charge >= 0.3 is 5.97 Å². The number of nitrogens with zero attached hydrogens (tertiary/aromatic N) is 1. The third-order valence-electron chi connectivity index (χ3n) is 3.74. The third kappa shape index (κ3) is 3.98. The average molecular weight is 261 g/mol. The monoisotopic (exact) mass is 261 g/mol. The van der Waals surface area contributed by atoms with Crippen LogP contribution in [0.15, 0.2) is 24.3 Å². The summed E-state index contributed by atoms with van der Waals surface area (Å²) in [7, 11) is 1.45. The molecular weight excluding hydrogens is 238 g/mol. The normalized spacial score (nSPS) is 14.1. The molecule has 2 rings (SSSR count). The standard InChI is InChI=1S/C16H23NO2/c1-19-16(18)11-3-2-6-12-17-13-7-9-14-8-4-5-10-15(14)17/h4-5,8,10H,2-3,6-7,9,11-13H2,1H3. The second kappa shape index (κ2) is 7.17. The molecular formula is C16H23NO2. The largest absolute Gasteiger partial charge is 0.469 e. The lowest BCUT2D eigenvalue weighted by atomic mass is 10.0. The molecule has 0 saturated heterocycles. The number of para-hydroxylation sites is 1. The maximum atomic E-state index is 11.0. The molecule has 0 aliphatic carbocycles. The van der Waals surface area contributed by atoms with Crippen LogP contribution in [0.3, 0.4) is 0 Å². The molecule has 0 atom stereocenters. The fraction of sp³-hybridized carbons (Fsp3) is 0.562. The van der Waals surface area contributed by atoms with Crippen molar-refractivity contribution in [1.82, 2.24) is 0 Å². The Kier molecular flexibility index (Phi) is 5.25. The number of hydrogen-bond acceptors (Lipinski definition) is 3. The van der Waals surface area contributed by atoms with Crippen molar-refractivity contribution in [2.45, 2.75) is 38.5 Å². The molecule has 0 spiro atoms. The quantitative estimate of drug-likeness (QED) is 0.582. The lowest BCUT2D eigenvalue weighted by molar-refractivity contribution is -0.140. The molecule has 19 heavy (non-hydrogen) atoms. The SMILES string of the molecule is COC(=O)CCCCCN1CCCc2ccccc21. The summed E-state index contributed by atoms with van der Waals surface area (Å²) >= 11 is 0. The molecule has 1 aromatic rings. The molecule has 0 unspecified atom stereocenters. The molecule has 1 aliphatic heterocycles. The second-order valence-electron chi connectivity index (χ2n) is 5.11. The summed E-state index contributed by atoms with van der Waals surface area (Å²) in [5, 5.41) is 0. The van der Waals surface area contributed by atoms with E-state index in [4.69, 9.17) is 0 Å². The fourth-order valence-corrected chi connectivity index (χ4v) is 2.69. The smallest absolute Gasteiger partial charge is 0.305 e. The number of hydrogen-bond donors (Lipinski definition) is 0. The lowest BCUT2D eigenvalue weighted by Crippen LogP contribution is -2.30. The first-order chi connectivity index (χ1) is 9.31. The summed E-state index contributed by atoms with van der Waals surface area (Å²) in [6, 6.07) is 8.70. The van der Waals surface area contributed by atoms with E-state index in [1.54, 1.807) is 0 Å². The number of benzene rings is 1. The van der Waals surface area contributed by atoms with Gasteiger partial charge in [-0.1, -0.05) is 24.6 Å². The van der Waals surface area contributed by atoms with Crippen molar-refractivity contribution in [3.05, 3.63) is 29.8 Å². The first kappa shape index (κ1) is 13.9. The van der Waals surface area contributed by atoms with E-state index in [-0.39, 0.29) is 5.97 Å². The molecule has 0 aromatic heterocycles. The van der Waals surface area contributed by atoms with Crippen molar-refractivity contribution in [2.24, 2.45) is 0 Å². The lowest BCUT2D eigenvalue weighted by Gasteiger charge is -2.31. The van der Waals surface area contributed by atoms with Crippen LogP contribution in [0.25, 0.3) is 0 Å². The van der Waals surface area contributed by atoms with Crippen molar-refractivity contribution in [3.63, 3.8) is 0 Å². The van der Waals surface area contributed by atoms with E-state index >= 15 is 0 Å². The van der Waals surface area contributed by atoms with Gasteiger partial charge in [-0.05, 0) is 37.3 Å². The number of esters is 1. The van der Waals surface area contributed by atoms with Gasteiger partial charge in [0.15, 0.2) is 0 Å². The number of fused-ring (bicyclic) bond motifs is 1. The molecule has 0 radical (unpaired) electrons. The van der Waals surface area contributed by atoms with Crippen LogP contribution in [0, 0.1) is 0 Å². The van der Waals surface area contributed by atoms with E-state index in [2.05, 4.69) is 33.9 Å². The van der Waals surface area contributed by atoms with Gasteiger partial charge in [-0.15, -0.1) is 0 Å². The zero-order chi connectivity index (χ0) is 13.5. The molecule has 0 fully saturated rings. The maximum absolute atomic E-state index is 11.0. The number of unbranched alkanes of at least 4 members (excludes halogenated alkanes) is 2. The van der Waals surface area contributed by atoms with Crippen LogP contribution in [0.2, 0.25) is 0 Å². The molecule has 1 aromatic carbocycles. The topological polar surface area (TPSA) is 29.5 Å². The summed E-state index contributed by atoms with van der Waals surface area (Å²) in [5.74, 6) is -0.0941. The molecule has 0 saturated carbocycles. The molecule has 0 N–H and O–H groups in total. The van der Waals surface area contributed by atoms with Gasteiger partial charge in [-0.3, -0.25) is 4.79 Å². The van der Waals surface area contributed by atoms with Crippen LogP contribution in [0.5, 0.6) is 0 Å². The summed E-state index contributed by atoms with van der Waals surface area (Å²) in [4.78, 5) is 13.5. The predicted octanol–water partition coefficient (Wildman–Crippen LogP) is 3.17. The molecule has 0 amide bonds. The van der Waals surface area contributed by atoms with Gasteiger partial charge < -0.3 is 9.64 Å². The first-order valence-electron chi connectivity index (χ1n) is 7.21. The van der Waals surface area contributed by atoms with Gasteiger partial charge in [-0.2, -0.15) is 0 Å². The number of ether oxygens (including phenoxy) is 1. The molecule has 1 heterocycles. The number of aryl methyl sites for hydroxylation is 1. The average Bonchev–Trinajstić information content (AvgIpc) is 2.46. The van der Waals surface area contributed by atoms with E-state index in [1.165, 1.54) is 31.2 Å². The van der Waals surface area contributed by atoms with Crippen LogP contribution >= 0.6 is 0 Å². The van der Waals surface area contributed by atoms with Crippen LogP contribution in [-0.4, -0.2) is 26.2 Å². The van der Waals surface area contributed by atoms with E-state index in [1.807, 2.05) is 0 Å². The highest BCUT2D eigenvalue weighted by Crippen LogP contribution is 2.26.